The first kappa shape index (κ1) is 9.88. The Bertz CT molecular complexity index is 464. The number of aryl methyl sites for hydroxylation is 2. The molecular formula is C14H16O2. The molecular weight excluding hydrogens is 200 g/mol. The molecule has 1 saturated carbocycles. The molecule has 2 atom stereocenters. The molecule has 0 radical (unpaired) electrons. The average Bonchev–Trinajstić information content (AvgIpc) is 2.96. The molecule has 1 N–H and O–H groups in total. The molecule has 0 saturated heterocycles. The molecule has 2 aliphatic rings. The molecule has 2 nitrogen and oxygen atoms in total. The first-order valence-corrected chi connectivity index (χ1v) is 5.96. The molecule has 0 amide bonds. The van der Waals surface area contributed by atoms with Crippen molar-refractivity contribution in [2.24, 2.45) is 5.92 Å². The van der Waals surface area contributed by atoms with Gasteiger partial charge in [0.2, 0.25) is 0 Å². The van der Waals surface area contributed by atoms with E-state index in [-0.39, 0.29) is 11.3 Å². The third-order valence-corrected chi connectivity index (χ3v) is 4.24. The summed E-state index contributed by atoms with van der Waals surface area (Å²) in [6, 6.07) is 6.52. The Morgan fingerprint density at radius 2 is 2.31 bits per heavy atom. The van der Waals surface area contributed by atoms with Gasteiger partial charge in [-0.3, -0.25) is 4.79 Å². The average molecular weight is 216 g/mol. The number of fused-ring (bicyclic) bond motifs is 2. The number of hydrogen-bond donors (Lipinski definition) is 1. The lowest BCUT2D eigenvalue weighted by molar-refractivity contribution is -0.139. The fourth-order valence-electron chi connectivity index (χ4n) is 3.30. The van der Waals surface area contributed by atoms with E-state index in [0.717, 1.165) is 25.7 Å². The van der Waals surface area contributed by atoms with E-state index in [0.29, 0.717) is 0 Å². The summed E-state index contributed by atoms with van der Waals surface area (Å²) in [6.07, 6.45) is 4.16. The summed E-state index contributed by atoms with van der Waals surface area (Å²) in [5.41, 5.74) is 3.94. The number of aliphatic carboxylic acids is 1. The van der Waals surface area contributed by atoms with E-state index in [1.165, 1.54) is 16.7 Å². The van der Waals surface area contributed by atoms with Crippen LogP contribution in [0.15, 0.2) is 18.2 Å². The molecule has 1 fully saturated rings. The highest BCUT2D eigenvalue weighted by Gasteiger charge is 2.60. The third kappa shape index (κ3) is 1.22. The van der Waals surface area contributed by atoms with E-state index in [1.54, 1.807) is 0 Å². The monoisotopic (exact) mass is 216 g/mol. The highest BCUT2D eigenvalue weighted by atomic mass is 16.4. The van der Waals surface area contributed by atoms with Gasteiger partial charge in [0.05, 0.1) is 5.92 Å². The van der Waals surface area contributed by atoms with Gasteiger partial charge >= 0.3 is 5.97 Å². The second kappa shape index (κ2) is 3.09. The van der Waals surface area contributed by atoms with Gasteiger partial charge in [-0.2, -0.15) is 0 Å². The molecule has 2 unspecified atom stereocenters. The zero-order valence-electron chi connectivity index (χ0n) is 9.49. The Morgan fingerprint density at radius 1 is 1.50 bits per heavy atom. The maximum absolute atomic E-state index is 11.1. The first-order chi connectivity index (χ1) is 7.63. The zero-order valence-corrected chi connectivity index (χ0v) is 9.49. The van der Waals surface area contributed by atoms with Crippen LogP contribution in [0.2, 0.25) is 0 Å². The van der Waals surface area contributed by atoms with Crippen molar-refractivity contribution in [3.63, 3.8) is 0 Å². The second-order valence-corrected chi connectivity index (χ2v) is 5.27. The Balaban J connectivity index is 2.07. The van der Waals surface area contributed by atoms with E-state index < -0.39 is 5.97 Å². The van der Waals surface area contributed by atoms with Gasteiger partial charge in [-0.25, -0.2) is 0 Å². The van der Waals surface area contributed by atoms with E-state index in [4.69, 9.17) is 5.11 Å². The second-order valence-electron chi connectivity index (χ2n) is 5.27. The standard InChI is InChI=1S/C14H16O2/c1-9-4-5-10-3-2-6-14(11(10)7-9)8-12(14)13(15)16/h4-5,7,12H,2-3,6,8H2,1H3,(H,15,16). The maximum Gasteiger partial charge on any atom is 0.307 e. The van der Waals surface area contributed by atoms with E-state index in [1.807, 2.05) is 0 Å². The van der Waals surface area contributed by atoms with Crippen molar-refractivity contribution < 1.29 is 9.90 Å². The molecule has 84 valence electrons. The van der Waals surface area contributed by atoms with E-state index >= 15 is 0 Å². The number of carbonyl (C=O) groups is 1. The minimum Gasteiger partial charge on any atom is -0.481 e. The quantitative estimate of drug-likeness (QED) is 0.783. The van der Waals surface area contributed by atoms with Crippen molar-refractivity contribution in [2.45, 2.75) is 38.0 Å². The molecule has 2 heteroatoms. The summed E-state index contributed by atoms with van der Waals surface area (Å²) in [6.45, 7) is 2.08. The summed E-state index contributed by atoms with van der Waals surface area (Å²) in [7, 11) is 0. The van der Waals surface area contributed by atoms with Gasteiger partial charge in [-0.1, -0.05) is 23.8 Å². The van der Waals surface area contributed by atoms with Crippen molar-refractivity contribution in [1.29, 1.82) is 0 Å². The van der Waals surface area contributed by atoms with Crippen LogP contribution in [-0.4, -0.2) is 11.1 Å². The lowest BCUT2D eigenvalue weighted by Crippen LogP contribution is -2.21. The molecule has 0 bridgehead atoms. The fourth-order valence-corrected chi connectivity index (χ4v) is 3.30. The van der Waals surface area contributed by atoms with Gasteiger partial charge in [0, 0.05) is 5.41 Å². The molecule has 1 aromatic rings. The lowest BCUT2D eigenvalue weighted by Gasteiger charge is -2.26. The van der Waals surface area contributed by atoms with Crippen molar-refractivity contribution in [2.75, 3.05) is 0 Å². The molecule has 0 aliphatic heterocycles. The highest BCUT2D eigenvalue weighted by Crippen LogP contribution is 2.60. The number of hydrogen-bond acceptors (Lipinski definition) is 1. The molecule has 16 heavy (non-hydrogen) atoms. The number of carboxylic acid groups (broad SMARTS) is 1. The van der Waals surface area contributed by atoms with Crippen LogP contribution in [0.1, 0.15) is 36.0 Å². The van der Waals surface area contributed by atoms with Crippen LogP contribution in [0.25, 0.3) is 0 Å². The Hall–Kier alpha value is -1.31. The van der Waals surface area contributed by atoms with Crippen LogP contribution in [0.3, 0.4) is 0 Å². The molecule has 0 aromatic heterocycles. The number of carboxylic acids is 1. The Morgan fingerprint density at radius 3 is 3.00 bits per heavy atom. The van der Waals surface area contributed by atoms with Crippen LogP contribution in [0.4, 0.5) is 0 Å². The van der Waals surface area contributed by atoms with Gasteiger partial charge in [-0.15, -0.1) is 0 Å². The van der Waals surface area contributed by atoms with Crippen LogP contribution >= 0.6 is 0 Å². The maximum atomic E-state index is 11.1. The first-order valence-electron chi connectivity index (χ1n) is 5.96. The Kier molecular flexibility index (Phi) is 1.91. The molecule has 1 spiro atoms. The van der Waals surface area contributed by atoms with Crippen LogP contribution in [0, 0.1) is 12.8 Å². The number of rotatable bonds is 1. The minimum absolute atomic E-state index is 0.00850. The van der Waals surface area contributed by atoms with Crippen LogP contribution < -0.4 is 0 Å². The predicted octanol–water partition coefficient (Wildman–Crippen LogP) is 2.67. The van der Waals surface area contributed by atoms with E-state index in [9.17, 15) is 4.79 Å². The fraction of sp³-hybridized carbons (Fsp3) is 0.500. The molecule has 1 aromatic carbocycles. The van der Waals surface area contributed by atoms with Gasteiger partial charge in [0.15, 0.2) is 0 Å². The Labute approximate surface area is 95.3 Å². The molecule has 2 aliphatic carbocycles. The van der Waals surface area contributed by atoms with E-state index in [2.05, 4.69) is 25.1 Å². The lowest BCUT2D eigenvalue weighted by atomic mass is 9.78. The summed E-state index contributed by atoms with van der Waals surface area (Å²) in [5.74, 6) is -0.747. The van der Waals surface area contributed by atoms with Crippen LogP contribution in [-0.2, 0) is 16.6 Å². The van der Waals surface area contributed by atoms with Gasteiger partial charge in [-0.05, 0) is 43.7 Å². The van der Waals surface area contributed by atoms with Crippen molar-refractivity contribution in [3.05, 3.63) is 34.9 Å². The van der Waals surface area contributed by atoms with Gasteiger partial charge in [0.25, 0.3) is 0 Å². The zero-order chi connectivity index (χ0) is 11.3. The third-order valence-electron chi connectivity index (χ3n) is 4.24. The minimum atomic E-state index is -0.616. The topological polar surface area (TPSA) is 37.3 Å². The van der Waals surface area contributed by atoms with Gasteiger partial charge < -0.3 is 5.11 Å². The largest absolute Gasteiger partial charge is 0.481 e. The molecule has 0 heterocycles. The normalized spacial score (nSPS) is 31.2. The smallest absolute Gasteiger partial charge is 0.307 e. The molecule has 3 rings (SSSR count). The summed E-state index contributed by atoms with van der Waals surface area (Å²) < 4.78 is 0. The van der Waals surface area contributed by atoms with Crippen molar-refractivity contribution >= 4 is 5.97 Å². The summed E-state index contributed by atoms with van der Waals surface area (Å²) in [4.78, 5) is 11.1. The highest BCUT2D eigenvalue weighted by molar-refractivity contribution is 5.77. The summed E-state index contributed by atoms with van der Waals surface area (Å²) >= 11 is 0. The van der Waals surface area contributed by atoms with Crippen molar-refractivity contribution in [3.8, 4) is 0 Å². The van der Waals surface area contributed by atoms with Gasteiger partial charge in [0.1, 0.15) is 0 Å². The number of benzene rings is 1. The van der Waals surface area contributed by atoms with Crippen molar-refractivity contribution in [1.82, 2.24) is 0 Å². The summed E-state index contributed by atoms with van der Waals surface area (Å²) in [5, 5.41) is 9.17. The van der Waals surface area contributed by atoms with Crippen LogP contribution in [0.5, 0.6) is 0 Å². The predicted molar refractivity (Wildman–Crippen MR) is 61.5 cm³/mol. The SMILES string of the molecule is Cc1ccc2c(c1)C1(CCC2)CC1C(=O)O.